The number of nitrogens with zero attached hydrogens (tertiary/aromatic N) is 1. The third kappa shape index (κ3) is 3.89. The van der Waals surface area contributed by atoms with Crippen LogP contribution in [0.1, 0.15) is 16.7 Å². The van der Waals surface area contributed by atoms with Crippen molar-refractivity contribution in [3.63, 3.8) is 0 Å². The molecule has 0 N–H and O–H groups in total. The van der Waals surface area contributed by atoms with E-state index in [0.717, 1.165) is 0 Å². The van der Waals surface area contributed by atoms with E-state index in [2.05, 4.69) is 4.98 Å². The highest BCUT2D eigenvalue weighted by Gasteiger charge is 2.36. The molecule has 0 amide bonds. The van der Waals surface area contributed by atoms with Crippen LogP contribution in [0.2, 0.25) is 0 Å². The fourth-order valence-electron chi connectivity index (χ4n) is 2.46. The Bertz CT molecular complexity index is 895. The summed E-state index contributed by atoms with van der Waals surface area (Å²) in [5.74, 6) is 0.321. The van der Waals surface area contributed by atoms with Gasteiger partial charge >= 0.3 is 12.4 Å². The summed E-state index contributed by atoms with van der Waals surface area (Å²) in [5, 5.41) is 0.609. The number of benzene rings is 2. The lowest BCUT2D eigenvalue weighted by Crippen LogP contribution is -2.12. The zero-order valence-corrected chi connectivity index (χ0v) is 13.0. The first-order valence-corrected chi connectivity index (χ1v) is 7.39. The standard InChI is InChI=1S/C18H11F6NO/c19-17(20,21)12-7-11(8-13(9-12)18(22,23)24)10-26-16-5-6-25-15-4-2-1-3-14(15)16/h1-9H,10H2. The number of halogens is 6. The predicted octanol–water partition coefficient (Wildman–Crippen LogP) is 5.85. The van der Waals surface area contributed by atoms with Crippen LogP contribution in [0.15, 0.2) is 54.7 Å². The molecule has 0 aliphatic carbocycles. The van der Waals surface area contributed by atoms with E-state index in [1.165, 1.54) is 12.3 Å². The van der Waals surface area contributed by atoms with Gasteiger partial charge in [0.15, 0.2) is 0 Å². The summed E-state index contributed by atoms with van der Waals surface area (Å²) in [6.45, 7) is -0.443. The molecule has 136 valence electrons. The van der Waals surface area contributed by atoms with Gasteiger partial charge in [0, 0.05) is 11.6 Å². The summed E-state index contributed by atoms with van der Waals surface area (Å²) in [7, 11) is 0. The molecule has 1 aromatic heterocycles. The summed E-state index contributed by atoms with van der Waals surface area (Å²) in [6, 6.07) is 9.78. The van der Waals surface area contributed by atoms with Crippen LogP contribution >= 0.6 is 0 Å². The van der Waals surface area contributed by atoms with Crippen LogP contribution in [0.25, 0.3) is 10.9 Å². The molecular formula is C18H11F6NO. The number of ether oxygens (including phenoxy) is 1. The number of fused-ring (bicyclic) bond motifs is 1. The van der Waals surface area contributed by atoms with Gasteiger partial charge in [-0.15, -0.1) is 0 Å². The van der Waals surface area contributed by atoms with Gasteiger partial charge in [-0.25, -0.2) is 0 Å². The van der Waals surface area contributed by atoms with E-state index in [0.29, 0.717) is 28.8 Å². The number of aromatic nitrogens is 1. The van der Waals surface area contributed by atoms with Crippen LogP contribution in [0.4, 0.5) is 26.3 Å². The van der Waals surface area contributed by atoms with Crippen LogP contribution in [-0.2, 0) is 19.0 Å². The molecule has 0 aliphatic heterocycles. The SMILES string of the molecule is FC(F)(F)c1cc(COc2ccnc3ccccc23)cc(C(F)(F)F)c1. The van der Waals surface area contributed by atoms with E-state index in [9.17, 15) is 26.3 Å². The third-order valence-electron chi connectivity index (χ3n) is 3.65. The first-order chi connectivity index (χ1) is 12.1. The van der Waals surface area contributed by atoms with E-state index < -0.39 is 30.1 Å². The maximum Gasteiger partial charge on any atom is 0.416 e. The predicted molar refractivity (Wildman–Crippen MR) is 82.5 cm³/mol. The molecule has 3 rings (SSSR count). The molecule has 26 heavy (non-hydrogen) atoms. The lowest BCUT2D eigenvalue weighted by atomic mass is 10.1. The van der Waals surface area contributed by atoms with E-state index in [4.69, 9.17) is 4.74 Å². The zero-order chi connectivity index (χ0) is 18.9. The van der Waals surface area contributed by atoms with Gasteiger partial charge in [0.05, 0.1) is 16.6 Å². The van der Waals surface area contributed by atoms with Gasteiger partial charge in [-0.05, 0) is 42.0 Å². The van der Waals surface area contributed by atoms with Crippen molar-refractivity contribution in [1.29, 1.82) is 0 Å². The molecule has 1 heterocycles. The molecular weight excluding hydrogens is 360 g/mol. The second-order valence-electron chi connectivity index (χ2n) is 5.53. The van der Waals surface area contributed by atoms with Gasteiger partial charge in [0.1, 0.15) is 12.4 Å². The summed E-state index contributed by atoms with van der Waals surface area (Å²) in [4.78, 5) is 4.11. The second kappa shape index (κ2) is 6.51. The molecule has 0 saturated heterocycles. The molecule has 2 nitrogen and oxygen atoms in total. The summed E-state index contributed by atoms with van der Waals surface area (Å²) < 4.78 is 82.8. The molecule has 3 aromatic rings. The molecule has 0 radical (unpaired) electrons. The van der Waals surface area contributed by atoms with Gasteiger partial charge in [0.2, 0.25) is 0 Å². The zero-order valence-electron chi connectivity index (χ0n) is 13.0. The minimum atomic E-state index is -4.89. The van der Waals surface area contributed by atoms with Gasteiger partial charge in [0.25, 0.3) is 0 Å². The lowest BCUT2D eigenvalue weighted by Gasteiger charge is -2.15. The molecule has 0 atom stereocenters. The summed E-state index contributed by atoms with van der Waals surface area (Å²) in [6.07, 6.45) is -8.33. The summed E-state index contributed by atoms with van der Waals surface area (Å²) >= 11 is 0. The van der Waals surface area contributed by atoms with Gasteiger partial charge in [-0.2, -0.15) is 26.3 Å². The van der Waals surface area contributed by atoms with E-state index in [1.54, 1.807) is 24.3 Å². The average molecular weight is 371 g/mol. The average Bonchev–Trinajstić information content (AvgIpc) is 2.58. The Morgan fingerprint density at radius 3 is 2.04 bits per heavy atom. The first-order valence-electron chi connectivity index (χ1n) is 7.39. The highest BCUT2D eigenvalue weighted by Crippen LogP contribution is 2.36. The van der Waals surface area contributed by atoms with Gasteiger partial charge < -0.3 is 4.74 Å². The molecule has 0 spiro atoms. The fourth-order valence-corrected chi connectivity index (χ4v) is 2.46. The van der Waals surface area contributed by atoms with Crippen LogP contribution < -0.4 is 4.74 Å². The van der Waals surface area contributed by atoms with Crippen LogP contribution in [0, 0.1) is 0 Å². The summed E-state index contributed by atoms with van der Waals surface area (Å²) in [5.41, 5.74) is -2.37. The number of rotatable bonds is 3. The van der Waals surface area contributed by atoms with Crippen molar-refractivity contribution in [2.45, 2.75) is 19.0 Å². The van der Waals surface area contributed by atoms with Crippen molar-refractivity contribution in [2.75, 3.05) is 0 Å². The highest BCUT2D eigenvalue weighted by atomic mass is 19.4. The van der Waals surface area contributed by atoms with Crippen LogP contribution in [0.3, 0.4) is 0 Å². The molecule has 2 aromatic carbocycles. The minimum absolute atomic E-state index is 0.0886. The minimum Gasteiger partial charge on any atom is -0.488 e. The Hall–Kier alpha value is -2.77. The molecule has 0 unspecified atom stereocenters. The lowest BCUT2D eigenvalue weighted by molar-refractivity contribution is -0.143. The Morgan fingerprint density at radius 1 is 0.808 bits per heavy atom. The van der Waals surface area contributed by atoms with Crippen molar-refractivity contribution in [3.05, 3.63) is 71.4 Å². The van der Waals surface area contributed by atoms with E-state index >= 15 is 0 Å². The molecule has 0 aliphatic rings. The number of hydrogen-bond acceptors (Lipinski definition) is 2. The van der Waals surface area contributed by atoms with Crippen molar-refractivity contribution in [1.82, 2.24) is 4.98 Å². The van der Waals surface area contributed by atoms with Gasteiger partial charge in [-0.1, -0.05) is 12.1 Å². The van der Waals surface area contributed by atoms with E-state index in [-0.39, 0.29) is 11.6 Å². The maximum atomic E-state index is 12.9. The van der Waals surface area contributed by atoms with Crippen molar-refractivity contribution >= 4 is 10.9 Å². The largest absolute Gasteiger partial charge is 0.488 e. The topological polar surface area (TPSA) is 22.1 Å². The fraction of sp³-hybridized carbons (Fsp3) is 0.167. The quantitative estimate of drug-likeness (QED) is 0.539. The second-order valence-corrected chi connectivity index (χ2v) is 5.53. The highest BCUT2D eigenvalue weighted by molar-refractivity contribution is 5.84. The number of pyridine rings is 1. The molecule has 8 heteroatoms. The van der Waals surface area contributed by atoms with Crippen molar-refractivity contribution < 1.29 is 31.1 Å². The van der Waals surface area contributed by atoms with Crippen molar-refractivity contribution in [3.8, 4) is 5.75 Å². The number of alkyl halides is 6. The van der Waals surface area contributed by atoms with Gasteiger partial charge in [-0.3, -0.25) is 4.98 Å². The molecule has 0 fully saturated rings. The Balaban J connectivity index is 1.94. The molecule has 0 bridgehead atoms. The van der Waals surface area contributed by atoms with E-state index in [1.807, 2.05) is 0 Å². The monoisotopic (exact) mass is 371 g/mol. The Morgan fingerprint density at radius 2 is 1.42 bits per heavy atom. The smallest absolute Gasteiger partial charge is 0.416 e. The van der Waals surface area contributed by atoms with Crippen LogP contribution in [-0.4, -0.2) is 4.98 Å². The first kappa shape index (κ1) is 18.0. The maximum absolute atomic E-state index is 12.9. The molecule has 0 saturated carbocycles. The Labute approximate surface area is 144 Å². The van der Waals surface area contributed by atoms with Crippen molar-refractivity contribution in [2.24, 2.45) is 0 Å². The number of hydrogen-bond donors (Lipinski definition) is 0. The third-order valence-corrected chi connectivity index (χ3v) is 3.65. The normalized spacial score (nSPS) is 12.4. The van der Waals surface area contributed by atoms with Crippen LogP contribution in [0.5, 0.6) is 5.75 Å². The number of para-hydroxylation sites is 1. The Kier molecular flexibility index (Phi) is 4.52.